The van der Waals surface area contributed by atoms with Crippen molar-refractivity contribution < 1.29 is 67.8 Å². The largest absolute Gasteiger partial charge is 0.472 e. The van der Waals surface area contributed by atoms with E-state index < -0.39 is 75.7 Å². The Balaban J connectivity index is 1.74. The SMILES string of the molecule is CCCCC/C=C\C/C=C\C/C=C\CC1OC1CCCC(=O)OC[C@H](COP(=O)(O)OC1[C@H](O)[C@H](O)C(O)[C@H](O)[C@H]1O)OC(=O)CCCCCCC/C=C\CCCCCCCC. The summed E-state index contributed by atoms with van der Waals surface area (Å²) in [5, 5.41) is 50.2. The van der Waals surface area contributed by atoms with Gasteiger partial charge in [0.15, 0.2) is 6.10 Å². The molecule has 0 amide bonds. The highest BCUT2D eigenvalue weighted by Crippen LogP contribution is 2.47. The van der Waals surface area contributed by atoms with Gasteiger partial charge in [0, 0.05) is 12.8 Å². The number of aliphatic hydroxyl groups excluding tert-OH is 5. The lowest BCUT2D eigenvalue weighted by atomic mass is 9.85. The fourth-order valence-corrected chi connectivity index (χ4v) is 8.11. The number of ether oxygens (including phenoxy) is 3. The van der Waals surface area contributed by atoms with Gasteiger partial charge in [-0.25, -0.2) is 4.57 Å². The van der Waals surface area contributed by atoms with Crippen molar-refractivity contribution in [3.8, 4) is 0 Å². The molecule has 0 aromatic heterocycles. The van der Waals surface area contributed by atoms with Crippen LogP contribution in [-0.4, -0.2) is 111 Å². The van der Waals surface area contributed by atoms with E-state index in [1.54, 1.807) is 0 Å². The maximum absolute atomic E-state index is 12.8. The van der Waals surface area contributed by atoms with Crippen LogP contribution in [-0.2, 0) is 37.4 Å². The summed E-state index contributed by atoms with van der Waals surface area (Å²) in [5.74, 6) is -1.19. The minimum atomic E-state index is -5.14. The number of unbranched alkanes of at least 4 members (excludes halogenated alkanes) is 14. The van der Waals surface area contributed by atoms with Crippen LogP contribution < -0.4 is 0 Å². The highest BCUT2D eigenvalue weighted by Gasteiger charge is 2.51. The van der Waals surface area contributed by atoms with Crippen molar-refractivity contribution in [2.24, 2.45) is 0 Å². The number of hydrogen-bond donors (Lipinski definition) is 6. The number of phosphoric ester groups is 1. The third-order valence-corrected chi connectivity index (χ3v) is 12.1. The van der Waals surface area contributed by atoms with Crippen LogP contribution >= 0.6 is 7.82 Å². The molecule has 10 atom stereocenters. The van der Waals surface area contributed by atoms with Crippen LogP contribution in [0.2, 0.25) is 0 Å². The van der Waals surface area contributed by atoms with Crippen LogP contribution in [0.25, 0.3) is 0 Å². The van der Waals surface area contributed by atoms with Crippen LogP contribution in [0, 0.1) is 0 Å². The van der Waals surface area contributed by atoms with E-state index in [1.807, 2.05) is 0 Å². The molecule has 2 aliphatic rings. The Kier molecular flexibility index (Phi) is 30.8. The van der Waals surface area contributed by atoms with Gasteiger partial charge in [-0.2, -0.15) is 0 Å². The molecular weight excluding hydrogens is 819 g/mol. The summed E-state index contributed by atoms with van der Waals surface area (Å²) in [6.45, 7) is 3.19. The highest BCUT2D eigenvalue weighted by atomic mass is 31.2. The molecule has 0 bridgehead atoms. The van der Waals surface area contributed by atoms with E-state index in [1.165, 1.54) is 57.8 Å². The van der Waals surface area contributed by atoms with Crippen molar-refractivity contribution in [1.82, 2.24) is 0 Å². The molecule has 358 valence electrons. The van der Waals surface area contributed by atoms with E-state index in [9.17, 15) is 44.6 Å². The number of allylic oxidation sites excluding steroid dienone is 7. The summed E-state index contributed by atoms with van der Waals surface area (Å²) in [7, 11) is -5.14. The predicted octanol–water partition coefficient (Wildman–Crippen LogP) is 8.16. The van der Waals surface area contributed by atoms with Crippen LogP contribution in [0.1, 0.15) is 168 Å². The molecule has 0 spiro atoms. The van der Waals surface area contributed by atoms with Crippen molar-refractivity contribution in [1.29, 1.82) is 0 Å². The number of aliphatic hydroxyl groups is 5. The lowest BCUT2D eigenvalue weighted by Crippen LogP contribution is -2.64. The number of hydrogen-bond acceptors (Lipinski definition) is 13. The van der Waals surface area contributed by atoms with Gasteiger partial charge in [0.25, 0.3) is 0 Å². The van der Waals surface area contributed by atoms with Crippen LogP contribution in [0.5, 0.6) is 0 Å². The first kappa shape index (κ1) is 55.9. The molecule has 5 unspecified atom stereocenters. The smallest absolute Gasteiger partial charge is 0.462 e. The summed E-state index contributed by atoms with van der Waals surface area (Å²) < 4.78 is 39.3. The van der Waals surface area contributed by atoms with Crippen LogP contribution in [0.15, 0.2) is 48.6 Å². The molecule has 1 saturated heterocycles. The van der Waals surface area contributed by atoms with Crippen LogP contribution in [0.4, 0.5) is 0 Å². The van der Waals surface area contributed by atoms with E-state index in [0.717, 1.165) is 64.2 Å². The zero-order valence-corrected chi connectivity index (χ0v) is 38.5. The molecule has 1 heterocycles. The number of carbonyl (C=O) groups is 2. The van der Waals surface area contributed by atoms with Gasteiger partial charge in [0.05, 0.1) is 18.8 Å². The van der Waals surface area contributed by atoms with Gasteiger partial charge in [-0.1, -0.05) is 127 Å². The normalized spacial score (nSPS) is 25.5. The fourth-order valence-electron chi connectivity index (χ4n) is 7.13. The Morgan fingerprint density at radius 3 is 1.69 bits per heavy atom. The van der Waals surface area contributed by atoms with E-state index in [4.69, 9.17) is 23.3 Å². The van der Waals surface area contributed by atoms with Gasteiger partial charge in [0.2, 0.25) is 0 Å². The second-order valence-corrected chi connectivity index (χ2v) is 18.0. The van der Waals surface area contributed by atoms with E-state index in [-0.39, 0.29) is 25.0 Å². The second-order valence-electron chi connectivity index (χ2n) is 16.6. The van der Waals surface area contributed by atoms with Crippen molar-refractivity contribution >= 4 is 19.8 Å². The molecule has 14 nitrogen and oxygen atoms in total. The Labute approximate surface area is 371 Å². The third-order valence-electron chi connectivity index (χ3n) is 11.1. The Morgan fingerprint density at radius 1 is 0.581 bits per heavy atom. The Bertz CT molecular complexity index is 1340. The molecule has 1 saturated carbocycles. The standard InChI is InChI=1S/C47H81O14P/c1-3-5-7-9-11-13-15-17-18-19-21-23-25-27-29-33-41(49)59-37(36-58-62(55,56)61-47-45(53)43(51)42(50)44(52)46(47)54)35-57-40(48)34-30-32-39-38(60-39)31-28-26-24-22-20-16-14-12-10-8-6-4-2/h12,14,17-18,20,22,26,28,37-39,42-47,50-54H,3-11,13,15-16,19,21,23-25,27,29-36H2,1-2H3,(H,55,56)/b14-12-,18-17-,22-20-,28-26-/t37-,38?,39?,42?,43-,44+,45-,46-,47?/m1/s1. The molecule has 0 aromatic carbocycles. The zero-order chi connectivity index (χ0) is 45.4. The quantitative estimate of drug-likeness (QED) is 0.0114. The van der Waals surface area contributed by atoms with E-state index in [0.29, 0.717) is 19.3 Å². The predicted molar refractivity (Wildman–Crippen MR) is 239 cm³/mol. The molecule has 6 N–H and O–H groups in total. The lowest BCUT2D eigenvalue weighted by molar-refractivity contribution is -0.220. The Morgan fingerprint density at radius 2 is 1.06 bits per heavy atom. The van der Waals surface area contributed by atoms with Gasteiger partial charge >= 0.3 is 19.8 Å². The maximum Gasteiger partial charge on any atom is 0.472 e. The zero-order valence-electron chi connectivity index (χ0n) is 37.6. The number of rotatable bonds is 37. The first-order valence-electron chi connectivity index (χ1n) is 23.6. The molecule has 62 heavy (non-hydrogen) atoms. The summed E-state index contributed by atoms with van der Waals surface area (Å²) in [6, 6.07) is 0. The molecule has 15 heteroatoms. The second kappa shape index (κ2) is 34.2. The van der Waals surface area contributed by atoms with Crippen molar-refractivity contribution in [2.75, 3.05) is 13.2 Å². The van der Waals surface area contributed by atoms with Gasteiger partial charge in [-0.15, -0.1) is 0 Å². The monoisotopic (exact) mass is 901 g/mol. The average molecular weight is 901 g/mol. The number of carbonyl (C=O) groups excluding carboxylic acids is 2. The summed E-state index contributed by atoms with van der Waals surface area (Å²) in [6.07, 6.45) is 27.5. The summed E-state index contributed by atoms with van der Waals surface area (Å²) in [5.41, 5.74) is 0. The molecule has 1 aliphatic carbocycles. The van der Waals surface area contributed by atoms with Crippen molar-refractivity contribution in [3.05, 3.63) is 48.6 Å². The topological polar surface area (TPSA) is 222 Å². The first-order valence-corrected chi connectivity index (χ1v) is 25.1. The molecule has 0 radical (unpaired) electrons. The minimum Gasteiger partial charge on any atom is -0.462 e. The number of epoxide rings is 1. The summed E-state index contributed by atoms with van der Waals surface area (Å²) >= 11 is 0. The summed E-state index contributed by atoms with van der Waals surface area (Å²) in [4.78, 5) is 35.8. The minimum absolute atomic E-state index is 0.0601. The highest BCUT2D eigenvalue weighted by molar-refractivity contribution is 7.47. The lowest BCUT2D eigenvalue weighted by Gasteiger charge is -2.41. The molecule has 0 aromatic rings. The Hall–Kier alpha value is -2.23. The van der Waals surface area contributed by atoms with E-state index in [2.05, 4.69) is 62.5 Å². The van der Waals surface area contributed by atoms with Gasteiger partial charge in [-0.05, 0) is 77.0 Å². The van der Waals surface area contributed by atoms with Crippen molar-refractivity contribution in [2.45, 2.75) is 223 Å². The average Bonchev–Trinajstić information content (AvgIpc) is 4.01. The molecule has 1 aliphatic heterocycles. The van der Waals surface area contributed by atoms with Gasteiger partial charge in [0.1, 0.15) is 43.2 Å². The first-order chi connectivity index (χ1) is 29.9. The van der Waals surface area contributed by atoms with Gasteiger partial charge < -0.3 is 44.6 Å². The maximum atomic E-state index is 12.8. The van der Waals surface area contributed by atoms with Crippen molar-refractivity contribution in [3.63, 3.8) is 0 Å². The molecular formula is C47H81O14P. The number of phosphoric acid groups is 1. The van der Waals surface area contributed by atoms with Gasteiger partial charge in [-0.3, -0.25) is 18.6 Å². The van der Waals surface area contributed by atoms with Crippen LogP contribution in [0.3, 0.4) is 0 Å². The molecule has 2 rings (SSSR count). The number of esters is 2. The van der Waals surface area contributed by atoms with E-state index >= 15 is 0 Å². The third kappa shape index (κ3) is 25.9. The fraction of sp³-hybridized carbons (Fsp3) is 0.787. The molecule has 2 fully saturated rings.